The van der Waals surface area contributed by atoms with Crippen molar-refractivity contribution in [2.75, 3.05) is 13.6 Å². The Labute approximate surface area is 145 Å². The van der Waals surface area contributed by atoms with Crippen LogP contribution in [0.15, 0.2) is 23.2 Å². The fraction of sp³-hybridized carbons (Fsp3) is 0.722. The molecule has 0 saturated carbocycles. The van der Waals surface area contributed by atoms with E-state index in [1.165, 1.54) is 0 Å². The Balaban J connectivity index is 2.14. The Kier molecular flexibility index (Phi) is 5.33. The van der Waals surface area contributed by atoms with Gasteiger partial charge in [0.1, 0.15) is 0 Å². The quantitative estimate of drug-likeness (QED) is 0.801. The van der Waals surface area contributed by atoms with Gasteiger partial charge in [0, 0.05) is 19.2 Å². The lowest BCUT2D eigenvalue weighted by atomic mass is 9.67. The number of amides is 1. The van der Waals surface area contributed by atoms with Crippen LogP contribution in [0, 0.1) is 5.92 Å². The largest absolute Gasteiger partial charge is 0.490 e. The van der Waals surface area contributed by atoms with E-state index in [4.69, 9.17) is 9.31 Å². The van der Waals surface area contributed by atoms with Crippen molar-refractivity contribution in [3.63, 3.8) is 0 Å². The number of rotatable bonds is 4. The van der Waals surface area contributed by atoms with Crippen LogP contribution < -0.4 is 0 Å². The van der Waals surface area contributed by atoms with Crippen molar-refractivity contribution in [3.05, 3.63) is 23.2 Å². The second-order valence-corrected chi connectivity index (χ2v) is 8.09. The molecule has 2 aliphatic rings. The topological polar surface area (TPSA) is 59.0 Å². The minimum atomic E-state index is -0.531. The lowest BCUT2D eigenvalue weighted by Gasteiger charge is -2.32. The van der Waals surface area contributed by atoms with E-state index in [1.807, 2.05) is 39.8 Å². The van der Waals surface area contributed by atoms with Crippen LogP contribution in [-0.4, -0.2) is 53.9 Å². The van der Waals surface area contributed by atoms with Gasteiger partial charge in [0.15, 0.2) is 0 Å². The molecule has 0 aromatic heterocycles. The predicted molar refractivity (Wildman–Crippen MR) is 95.3 cm³/mol. The van der Waals surface area contributed by atoms with Crippen molar-refractivity contribution in [3.8, 4) is 0 Å². The number of hydrogen-bond donors (Lipinski definition) is 1. The number of aliphatic hydroxyl groups is 1. The van der Waals surface area contributed by atoms with Crippen LogP contribution in [-0.2, 0) is 14.1 Å². The SMILES string of the molecule is CC1CC(C(=O)N(C)C[C@H](C)O)=CC=C1B1OC(C)(C)C(C)(C)O1. The Morgan fingerprint density at radius 2 is 1.88 bits per heavy atom. The van der Waals surface area contributed by atoms with Crippen LogP contribution in [0.4, 0.5) is 0 Å². The Morgan fingerprint density at radius 3 is 2.33 bits per heavy atom. The number of aliphatic hydroxyl groups excluding tert-OH is 1. The van der Waals surface area contributed by atoms with Crippen molar-refractivity contribution in [1.29, 1.82) is 0 Å². The minimum Gasteiger partial charge on any atom is -0.400 e. The number of carbonyl (C=O) groups is 1. The van der Waals surface area contributed by atoms with Gasteiger partial charge in [0.25, 0.3) is 0 Å². The standard InChI is InChI=1S/C18H30BNO4/c1-12-10-14(16(22)20(7)11-13(2)21)8-9-15(12)19-23-17(3,4)18(5,6)24-19/h8-9,12-13,21H,10-11H2,1-7H3/t12?,13-/m0/s1. The van der Waals surface area contributed by atoms with E-state index in [-0.39, 0.29) is 30.1 Å². The maximum atomic E-state index is 12.5. The molecule has 1 amide bonds. The van der Waals surface area contributed by atoms with Gasteiger partial charge in [-0.1, -0.05) is 19.1 Å². The molecule has 0 aromatic rings. The van der Waals surface area contributed by atoms with Gasteiger partial charge < -0.3 is 19.3 Å². The van der Waals surface area contributed by atoms with Crippen molar-refractivity contribution in [2.24, 2.45) is 5.92 Å². The molecule has 0 spiro atoms. The number of carbonyl (C=O) groups excluding carboxylic acids is 1. The highest BCUT2D eigenvalue weighted by Crippen LogP contribution is 2.41. The van der Waals surface area contributed by atoms with Gasteiger partial charge >= 0.3 is 7.12 Å². The zero-order chi connectivity index (χ0) is 18.3. The van der Waals surface area contributed by atoms with E-state index in [9.17, 15) is 9.90 Å². The first-order valence-electron chi connectivity index (χ1n) is 8.64. The van der Waals surface area contributed by atoms with E-state index in [1.54, 1.807) is 18.9 Å². The molecule has 1 unspecified atom stereocenters. The van der Waals surface area contributed by atoms with Crippen LogP contribution in [0.2, 0.25) is 0 Å². The molecule has 2 rings (SSSR count). The number of likely N-dealkylation sites (N-methyl/N-ethyl adjacent to an activating group) is 1. The average molecular weight is 335 g/mol. The van der Waals surface area contributed by atoms with Gasteiger partial charge in [0.2, 0.25) is 5.91 Å². The molecule has 134 valence electrons. The highest BCUT2D eigenvalue weighted by Gasteiger charge is 2.53. The summed E-state index contributed by atoms with van der Waals surface area (Å²) in [5, 5.41) is 9.45. The molecule has 1 heterocycles. The summed E-state index contributed by atoms with van der Waals surface area (Å²) >= 11 is 0. The summed E-state index contributed by atoms with van der Waals surface area (Å²) in [7, 11) is 1.35. The third kappa shape index (κ3) is 3.76. The van der Waals surface area contributed by atoms with Gasteiger partial charge in [-0.3, -0.25) is 4.79 Å². The fourth-order valence-electron chi connectivity index (χ4n) is 3.05. The first-order valence-corrected chi connectivity index (χ1v) is 8.64. The normalized spacial score (nSPS) is 26.7. The zero-order valence-corrected chi connectivity index (χ0v) is 15.9. The molecule has 2 atom stereocenters. The first kappa shape index (κ1) is 19.2. The minimum absolute atomic E-state index is 0.0352. The van der Waals surface area contributed by atoms with E-state index >= 15 is 0 Å². The van der Waals surface area contributed by atoms with E-state index in [0.717, 1.165) is 11.0 Å². The van der Waals surface area contributed by atoms with Crippen LogP contribution in [0.5, 0.6) is 0 Å². The van der Waals surface area contributed by atoms with Gasteiger partial charge in [-0.2, -0.15) is 0 Å². The zero-order valence-electron chi connectivity index (χ0n) is 15.9. The second-order valence-electron chi connectivity index (χ2n) is 8.09. The van der Waals surface area contributed by atoms with Crippen LogP contribution in [0.3, 0.4) is 0 Å². The lowest BCUT2D eigenvalue weighted by molar-refractivity contribution is -0.127. The molecule has 0 bridgehead atoms. The van der Waals surface area contributed by atoms with Crippen LogP contribution >= 0.6 is 0 Å². The summed E-state index contributed by atoms with van der Waals surface area (Å²) < 4.78 is 12.2. The fourth-order valence-corrected chi connectivity index (χ4v) is 3.05. The number of hydrogen-bond acceptors (Lipinski definition) is 4. The molecule has 5 nitrogen and oxygen atoms in total. The lowest BCUT2D eigenvalue weighted by Crippen LogP contribution is -2.41. The molecular formula is C18H30BNO4. The molecule has 24 heavy (non-hydrogen) atoms. The van der Waals surface area contributed by atoms with Gasteiger partial charge in [-0.05, 0) is 52.4 Å². The van der Waals surface area contributed by atoms with Crippen molar-refractivity contribution < 1.29 is 19.2 Å². The van der Waals surface area contributed by atoms with Crippen molar-refractivity contribution >= 4 is 13.0 Å². The molecule has 1 aliphatic carbocycles. The second kappa shape index (κ2) is 6.66. The summed E-state index contributed by atoms with van der Waals surface area (Å²) in [6, 6.07) is 0. The Bertz CT molecular complexity index is 549. The molecule has 1 aliphatic heterocycles. The third-order valence-corrected chi connectivity index (χ3v) is 5.26. The average Bonchev–Trinajstić information content (AvgIpc) is 2.65. The van der Waals surface area contributed by atoms with Gasteiger partial charge in [-0.25, -0.2) is 0 Å². The van der Waals surface area contributed by atoms with Crippen LogP contribution in [0.25, 0.3) is 0 Å². The Morgan fingerprint density at radius 1 is 1.33 bits per heavy atom. The van der Waals surface area contributed by atoms with Crippen molar-refractivity contribution in [2.45, 2.75) is 65.3 Å². The highest BCUT2D eigenvalue weighted by molar-refractivity contribution is 6.54. The molecule has 1 saturated heterocycles. The van der Waals surface area contributed by atoms with Crippen molar-refractivity contribution in [1.82, 2.24) is 4.90 Å². The maximum absolute atomic E-state index is 12.5. The smallest absolute Gasteiger partial charge is 0.400 e. The first-order chi connectivity index (χ1) is 10.9. The monoisotopic (exact) mass is 335 g/mol. The third-order valence-electron chi connectivity index (χ3n) is 5.26. The van der Waals surface area contributed by atoms with E-state index in [2.05, 4.69) is 6.92 Å². The van der Waals surface area contributed by atoms with Gasteiger partial charge in [0.05, 0.1) is 17.3 Å². The molecule has 0 radical (unpaired) electrons. The molecule has 1 N–H and O–H groups in total. The number of allylic oxidation sites excluding steroid dienone is 3. The Hall–Kier alpha value is -1.11. The summed E-state index contributed by atoms with van der Waals surface area (Å²) in [4.78, 5) is 14.0. The predicted octanol–water partition coefficient (Wildman–Crippen LogP) is 2.35. The molecule has 6 heteroatoms. The van der Waals surface area contributed by atoms with E-state index in [0.29, 0.717) is 13.0 Å². The van der Waals surface area contributed by atoms with E-state index < -0.39 is 6.10 Å². The maximum Gasteiger partial charge on any atom is 0.490 e. The summed E-state index contributed by atoms with van der Waals surface area (Å²) in [5.74, 6) is 0.135. The summed E-state index contributed by atoms with van der Waals surface area (Å²) in [5.41, 5.74) is 1.10. The molecular weight excluding hydrogens is 305 g/mol. The molecule has 0 aromatic carbocycles. The van der Waals surface area contributed by atoms with Gasteiger partial charge in [-0.15, -0.1) is 0 Å². The molecule has 1 fully saturated rings. The summed E-state index contributed by atoms with van der Waals surface area (Å²) in [6.45, 7) is 12.3. The summed E-state index contributed by atoms with van der Waals surface area (Å²) in [6.07, 6.45) is 3.94. The highest BCUT2D eigenvalue weighted by atomic mass is 16.7. The van der Waals surface area contributed by atoms with Crippen LogP contribution in [0.1, 0.15) is 48.0 Å². The number of nitrogens with zero attached hydrogens (tertiary/aromatic N) is 1.